The van der Waals surface area contributed by atoms with Crippen molar-refractivity contribution in [3.63, 3.8) is 0 Å². The Balaban J connectivity index is 0.000000810. The minimum atomic E-state index is -0.972. The van der Waals surface area contributed by atoms with Crippen LogP contribution < -0.4 is 5.32 Å². The molecule has 1 rings (SSSR count). The molecule has 0 unspecified atom stereocenters. The number of rotatable bonds is 1. The molecule has 0 aromatic carbocycles. The highest BCUT2D eigenvalue weighted by Crippen LogP contribution is 2.05. The van der Waals surface area contributed by atoms with E-state index >= 15 is 0 Å². The van der Waals surface area contributed by atoms with E-state index in [4.69, 9.17) is 10.2 Å². The number of aliphatic carboxylic acids is 1. The van der Waals surface area contributed by atoms with Gasteiger partial charge in [0.25, 0.3) is 0 Å². The van der Waals surface area contributed by atoms with E-state index in [2.05, 4.69) is 5.32 Å². The molecule has 3 N–H and O–H groups in total. The van der Waals surface area contributed by atoms with Crippen molar-refractivity contribution in [3.8, 4) is 0 Å². The van der Waals surface area contributed by atoms with E-state index in [9.17, 15) is 4.79 Å². The van der Waals surface area contributed by atoms with Gasteiger partial charge in [-0.1, -0.05) is 0 Å². The van der Waals surface area contributed by atoms with Crippen LogP contribution in [0.25, 0.3) is 0 Å². The molecule has 1 fully saturated rings. The van der Waals surface area contributed by atoms with Gasteiger partial charge in [-0.25, -0.2) is 0 Å². The fourth-order valence-electron chi connectivity index (χ4n) is 0.941. The molecule has 0 aliphatic carbocycles. The van der Waals surface area contributed by atoms with Crippen molar-refractivity contribution in [2.75, 3.05) is 6.54 Å². The second-order valence-electron chi connectivity index (χ2n) is 2.13. The minimum Gasteiger partial charge on any atom is -0.480 e. The number of aliphatic hydroxyl groups is 1. The summed E-state index contributed by atoms with van der Waals surface area (Å²) >= 11 is 0. The largest absolute Gasteiger partial charge is 0.480 e. The Kier molecular flexibility index (Phi) is 3.63. The van der Waals surface area contributed by atoms with Crippen LogP contribution in [0.1, 0.15) is 6.42 Å². The van der Waals surface area contributed by atoms with E-state index in [0.29, 0.717) is 13.0 Å². The van der Waals surface area contributed by atoms with Gasteiger partial charge in [0.05, 0.1) is 6.10 Å². The quantitative estimate of drug-likeness (QED) is 0.479. The third-order valence-corrected chi connectivity index (χ3v) is 1.46. The number of hydrogen-bond acceptors (Lipinski definition) is 3. The molecule has 4 nitrogen and oxygen atoms in total. The predicted octanol–water partition coefficient (Wildman–Crippen LogP) is -0.784. The zero-order valence-corrected chi connectivity index (χ0v) is 6.10. The zero-order chi connectivity index (χ0) is 6.85. The van der Waals surface area contributed by atoms with E-state index < -0.39 is 18.1 Å². The van der Waals surface area contributed by atoms with Crippen LogP contribution in [-0.2, 0) is 4.79 Å². The van der Waals surface area contributed by atoms with Crippen molar-refractivity contribution in [2.24, 2.45) is 0 Å². The third-order valence-electron chi connectivity index (χ3n) is 1.46. The molecule has 0 amide bonds. The number of carboxylic acid groups (broad SMARTS) is 1. The summed E-state index contributed by atoms with van der Waals surface area (Å²) in [5.41, 5.74) is 0. The molecule has 1 saturated heterocycles. The first-order valence-electron chi connectivity index (χ1n) is 2.86. The van der Waals surface area contributed by atoms with Crippen molar-refractivity contribution in [2.45, 2.75) is 18.6 Å². The summed E-state index contributed by atoms with van der Waals surface area (Å²) in [6.45, 7) is 0.595. The molecule has 1 heterocycles. The summed E-state index contributed by atoms with van der Waals surface area (Å²) < 4.78 is 0. The summed E-state index contributed by atoms with van der Waals surface area (Å²) in [6, 6.07) is -0.745. The molecule has 0 aromatic rings. The number of hydrogen-bond donors (Lipinski definition) is 3. The lowest BCUT2D eigenvalue weighted by molar-refractivity contribution is -0.141. The molecule has 5 heteroatoms. The van der Waals surface area contributed by atoms with E-state index in [1.54, 1.807) is 0 Å². The number of halogens is 1. The van der Waals surface area contributed by atoms with Gasteiger partial charge in [0.1, 0.15) is 6.04 Å². The SMILES string of the molecule is Cl.O=C(O)[C@H]1NCC[C@@H]1O. The van der Waals surface area contributed by atoms with Gasteiger partial charge in [-0.05, 0) is 13.0 Å². The number of nitrogens with one attached hydrogen (secondary N) is 1. The van der Waals surface area contributed by atoms with Gasteiger partial charge in [-0.2, -0.15) is 0 Å². The Bertz CT molecular complexity index is 130. The van der Waals surface area contributed by atoms with Gasteiger partial charge in [0.2, 0.25) is 0 Å². The van der Waals surface area contributed by atoms with Crippen LogP contribution in [0.3, 0.4) is 0 Å². The van der Waals surface area contributed by atoms with E-state index in [0.717, 1.165) is 0 Å². The lowest BCUT2D eigenvalue weighted by Crippen LogP contribution is -2.38. The van der Waals surface area contributed by atoms with Crippen LogP contribution in [-0.4, -0.2) is 34.9 Å². The topological polar surface area (TPSA) is 69.6 Å². The summed E-state index contributed by atoms with van der Waals surface area (Å²) in [4.78, 5) is 10.2. The maximum Gasteiger partial charge on any atom is 0.323 e. The predicted molar refractivity (Wildman–Crippen MR) is 37.3 cm³/mol. The monoisotopic (exact) mass is 167 g/mol. The number of aliphatic hydroxyl groups excluding tert-OH is 1. The Morgan fingerprint density at radius 3 is 2.40 bits per heavy atom. The molecule has 0 aromatic heterocycles. The van der Waals surface area contributed by atoms with Crippen molar-refractivity contribution < 1.29 is 15.0 Å². The van der Waals surface area contributed by atoms with Gasteiger partial charge in [-0.15, -0.1) is 12.4 Å². The average molecular weight is 168 g/mol. The smallest absolute Gasteiger partial charge is 0.323 e. The first-order chi connectivity index (χ1) is 4.22. The maximum absolute atomic E-state index is 10.2. The Labute approximate surface area is 64.6 Å². The second-order valence-corrected chi connectivity index (χ2v) is 2.13. The maximum atomic E-state index is 10.2. The minimum absolute atomic E-state index is 0. The van der Waals surface area contributed by atoms with E-state index in [-0.39, 0.29) is 12.4 Å². The van der Waals surface area contributed by atoms with E-state index in [1.165, 1.54) is 0 Å². The Morgan fingerprint density at radius 1 is 1.60 bits per heavy atom. The number of carbonyl (C=O) groups is 1. The molecule has 0 spiro atoms. The molecule has 60 valence electrons. The average Bonchev–Trinajstić information content (AvgIpc) is 2.13. The molecule has 0 radical (unpaired) electrons. The van der Waals surface area contributed by atoms with Crippen LogP contribution in [0.2, 0.25) is 0 Å². The highest BCUT2D eigenvalue weighted by atomic mass is 35.5. The van der Waals surface area contributed by atoms with Crippen LogP contribution in [0.15, 0.2) is 0 Å². The summed E-state index contributed by atoms with van der Waals surface area (Å²) in [6.07, 6.45) is -0.167. The highest BCUT2D eigenvalue weighted by molar-refractivity contribution is 5.85. The van der Waals surface area contributed by atoms with Crippen molar-refractivity contribution in [1.29, 1.82) is 0 Å². The van der Waals surface area contributed by atoms with Gasteiger partial charge in [-0.3, -0.25) is 4.79 Å². The summed E-state index contributed by atoms with van der Waals surface area (Å²) in [5, 5.41) is 19.9. The first kappa shape index (κ1) is 9.68. The standard InChI is InChI=1S/C5H9NO3.ClH/c7-3-1-2-6-4(3)5(8)9;/h3-4,6-7H,1-2H2,(H,8,9);1H/t3-,4-;/m0./s1. The fourth-order valence-corrected chi connectivity index (χ4v) is 0.941. The van der Waals surface area contributed by atoms with Gasteiger partial charge in [0.15, 0.2) is 0 Å². The molecule has 0 saturated carbocycles. The fraction of sp³-hybridized carbons (Fsp3) is 0.800. The first-order valence-corrected chi connectivity index (χ1v) is 2.86. The summed E-state index contributed by atoms with van der Waals surface area (Å²) in [7, 11) is 0. The van der Waals surface area contributed by atoms with E-state index in [1.807, 2.05) is 0 Å². The molecular formula is C5H10ClNO3. The molecule has 0 bridgehead atoms. The molecular weight excluding hydrogens is 158 g/mol. The van der Waals surface area contributed by atoms with Crippen LogP contribution in [0.4, 0.5) is 0 Å². The van der Waals surface area contributed by atoms with Gasteiger partial charge >= 0.3 is 5.97 Å². The molecule has 2 atom stereocenters. The van der Waals surface area contributed by atoms with Crippen LogP contribution in [0.5, 0.6) is 0 Å². The van der Waals surface area contributed by atoms with Crippen molar-refractivity contribution in [1.82, 2.24) is 5.32 Å². The molecule has 1 aliphatic rings. The third kappa shape index (κ3) is 1.83. The van der Waals surface area contributed by atoms with Gasteiger partial charge < -0.3 is 15.5 Å². The van der Waals surface area contributed by atoms with Gasteiger partial charge in [0, 0.05) is 0 Å². The van der Waals surface area contributed by atoms with Crippen LogP contribution in [0, 0.1) is 0 Å². The lowest BCUT2D eigenvalue weighted by Gasteiger charge is -2.06. The molecule has 10 heavy (non-hydrogen) atoms. The van der Waals surface area contributed by atoms with Crippen LogP contribution >= 0.6 is 12.4 Å². The Morgan fingerprint density at radius 2 is 2.20 bits per heavy atom. The summed E-state index contributed by atoms with van der Waals surface area (Å²) in [5.74, 6) is -0.972. The highest BCUT2D eigenvalue weighted by Gasteiger charge is 2.30. The zero-order valence-electron chi connectivity index (χ0n) is 5.28. The molecule has 1 aliphatic heterocycles. The van der Waals surface area contributed by atoms with Crippen molar-refractivity contribution in [3.05, 3.63) is 0 Å². The normalized spacial score (nSPS) is 31.3. The van der Waals surface area contributed by atoms with Crippen molar-refractivity contribution >= 4 is 18.4 Å². The second kappa shape index (κ2) is 3.75. The lowest BCUT2D eigenvalue weighted by atomic mass is 10.2. The number of carboxylic acids is 1. The Hall–Kier alpha value is -0.320.